The number of nitro groups is 1. The van der Waals surface area contributed by atoms with Gasteiger partial charge in [0.05, 0.1) is 11.5 Å². The normalized spacial score (nSPS) is 12.9. The summed E-state index contributed by atoms with van der Waals surface area (Å²) in [5.74, 6) is 0. The maximum atomic E-state index is 10.8. The highest BCUT2D eigenvalue weighted by Gasteiger charge is 2.29. The Morgan fingerprint density at radius 1 is 1.17 bits per heavy atom. The molecule has 0 heterocycles. The summed E-state index contributed by atoms with van der Waals surface area (Å²) in [4.78, 5) is 10.4. The van der Waals surface area contributed by atoms with Crippen LogP contribution in [-0.4, -0.2) is 14.0 Å². The molecule has 0 N–H and O–H groups in total. The first kappa shape index (κ1) is 17.4. The first-order valence-corrected chi connectivity index (χ1v) is 9.17. The van der Waals surface area contributed by atoms with Gasteiger partial charge in [-0.3, -0.25) is 10.1 Å². The van der Waals surface area contributed by atoms with Gasteiger partial charge in [0.2, 0.25) is 9.04 Å². The fourth-order valence-corrected chi connectivity index (χ4v) is 5.12. The minimum atomic E-state index is -1.66. The maximum Gasteiger partial charge on any atom is 0.269 e. The monoisotopic (exact) mass is 328 g/mol. The predicted molar refractivity (Wildman–Crippen MR) is 95.3 cm³/mol. The largest absolute Gasteiger partial charge is 0.411 e. The van der Waals surface area contributed by atoms with Crippen molar-refractivity contribution in [3.05, 3.63) is 76.7 Å². The van der Waals surface area contributed by atoms with E-state index in [9.17, 15) is 10.1 Å². The highest BCUT2D eigenvalue weighted by Crippen LogP contribution is 2.28. The fourth-order valence-electron chi connectivity index (χ4n) is 2.51. The molecule has 1 unspecified atom stereocenters. The second kappa shape index (κ2) is 7.06. The summed E-state index contributed by atoms with van der Waals surface area (Å²) in [5, 5.41) is 12.1. The Morgan fingerprint density at radius 2 is 1.83 bits per heavy atom. The third kappa shape index (κ3) is 4.50. The van der Waals surface area contributed by atoms with Crippen molar-refractivity contribution in [3.8, 4) is 0 Å². The molecule has 2 aromatic rings. The van der Waals surface area contributed by atoms with Gasteiger partial charge in [-0.1, -0.05) is 51.1 Å². The fraction of sp³-hybridized carbons (Fsp3) is 0.278. The van der Waals surface area contributed by atoms with Crippen molar-refractivity contribution in [2.75, 3.05) is 0 Å². The van der Waals surface area contributed by atoms with Crippen molar-refractivity contribution in [1.82, 2.24) is 0 Å². The van der Waals surface area contributed by atoms with E-state index < -0.39 is 14.0 Å². The van der Waals surface area contributed by atoms with Gasteiger partial charge >= 0.3 is 0 Å². The number of nitrogens with zero attached hydrogens (tertiary/aromatic N) is 1. The van der Waals surface area contributed by atoms with Gasteiger partial charge in [-0.05, 0) is 34.3 Å². The van der Waals surface area contributed by atoms with Crippen LogP contribution in [0.4, 0.5) is 5.69 Å². The van der Waals surface area contributed by atoms with Gasteiger partial charge in [-0.2, -0.15) is 0 Å². The standard InChI is InChI=1S/C18H22NO3Si/c1-14-12-16(19(20)21)11-10-15(14)13-22-23(18(2,3)4)17-8-6-5-7-9-17/h5-12,23H,1,13H2,2-4H3. The molecular weight excluding hydrogens is 306 g/mol. The van der Waals surface area contributed by atoms with Gasteiger partial charge in [-0.25, -0.2) is 0 Å². The average Bonchev–Trinajstić information content (AvgIpc) is 2.48. The molecule has 0 saturated heterocycles. The molecule has 1 atom stereocenters. The molecule has 0 amide bonds. The molecular formula is C18H22NO3Si. The van der Waals surface area contributed by atoms with Crippen molar-refractivity contribution in [2.24, 2.45) is 0 Å². The van der Waals surface area contributed by atoms with Gasteiger partial charge in [0.15, 0.2) is 0 Å². The number of non-ortho nitro benzene ring substituents is 1. The number of hydrogen-bond donors (Lipinski definition) is 0. The zero-order chi connectivity index (χ0) is 17.0. The molecule has 0 spiro atoms. The summed E-state index contributed by atoms with van der Waals surface area (Å²) in [6.07, 6.45) is 0. The molecule has 0 aliphatic rings. The van der Waals surface area contributed by atoms with Gasteiger partial charge in [-0.15, -0.1) is 0 Å². The Hall–Kier alpha value is -1.98. The van der Waals surface area contributed by atoms with E-state index >= 15 is 0 Å². The van der Waals surface area contributed by atoms with Crippen LogP contribution < -0.4 is 5.19 Å². The van der Waals surface area contributed by atoms with Crippen LogP contribution in [0.2, 0.25) is 5.04 Å². The van der Waals surface area contributed by atoms with E-state index in [4.69, 9.17) is 4.43 Å². The van der Waals surface area contributed by atoms with Crippen LogP contribution >= 0.6 is 0 Å². The highest BCUT2D eigenvalue weighted by molar-refractivity contribution is 6.70. The van der Waals surface area contributed by atoms with Crippen LogP contribution in [0, 0.1) is 17.0 Å². The molecule has 0 aliphatic heterocycles. The third-order valence-electron chi connectivity index (χ3n) is 3.70. The van der Waals surface area contributed by atoms with Crippen LogP contribution in [0.3, 0.4) is 0 Å². The first-order valence-electron chi connectivity index (χ1n) is 7.55. The molecule has 0 bridgehead atoms. The molecule has 0 aromatic heterocycles. The highest BCUT2D eigenvalue weighted by atomic mass is 28.3. The van der Waals surface area contributed by atoms with E-state index in [0.717, 1.165) is 5.56 Å². The SMILES string of the molecule is [CH2]c1cc([N+](=O)[O-])ccc1CO[SiH](c1ccccc1)C(C)(C)C. The Kier molecular flexibility index (Phi) is 5.33. The second-order valence-electron chi connectivity index (χ2n) is 6.68. The number of nitro benzene ring substituents is 1. The quantitative estimate of drug-likeness (QED) is 0.477. The topological polar surface area (TPSA) is 52.4 Å². The molecule has 121 valence electrons. The Labute approximate surface area is 139 Å². The Bertz CT molecular complexity index is 680. The van der Waals surface area contributed by atoms with Crippen LogP contribution in [0.5, 0.6) is 0 Å². The second-order valence-corrected chi connectivity index (χ2v) is 10.2. The van der Waals surface area contributed by atoms with Gasteiger partial charge in [0, 0.05) is 12.1 Å². The van der Waals surface area contributed by atoms with Crippen LogP contribution in [0.25, 0.3) is 0 Å². The lowest BCUT2D eigenvalue weighted by Crippen LogP contribution is -2.41. The van der Waals surface area contributed by atoms with Gasteiger partial charge < -0.3 is 4.43 Å². The van der Waals surface area contributed by atoms with Crippen molar-refractivity contribution in [1.29, 1.82) is 0 Å². The number of hydrogen-bond acceptors (Lipinski definition) is 3. The summed E-state index contributed by atoms with van der Waals surface area (Å²) in [5.41, 5.74) is 1.61. The van der Waals surface area contributed by atoms with Crippen molar-refractivity contribution >= 4 is 19.9 Å². The number of benzene rings is 2. The smallest absolute Gasteiger partial charge is 0.269 e. The summed E-state index contributed by atoms with van der Waals surface area (Å²) >= 11 is 0. The number of rotatable bonds is 5. The van der Waals surface area contributed by atoms with Gasteiger partial charge in [0.1, 0.15) is 0 Å². The summed E-state index contributed by atoms with van der Waals surface area (Å²) in [6, 6.07) is 15.0. The zero-order valence-corrected chi connectivity index (χ0v) is 14.9. The van der Waals surface area contributed by atoms with E-state index in [2.05, 4.69) is 39.8 Å². The summed E-state index contributed by atoms with van der Waals surface area (Å²) in [6.45, 7) is 10.9. The first-order chi connectivity index (χ1) is 10.8. The molecule has 0 saturated carbocycles. The lowest BCUT2D eigenvalue weighted by molar-refractivity contribution is -0.384. The van der Waals surface area contributed by atoms with Gasteiger partial charge in [0.25, 0.3) is 5.69 Å². The Morgan fingerprint density at radius 3 is 2.35 bits per heavy atom. The lowest BCUT2D eigenvalue weighted by atomic mass is 10.1. The Balaban J connectivity index is 2.18. The van der Waals surface area contributed by atoms with Crippen LogP contribution in [0.15, 0.2) is 48.5 Å². The average molecular weight is 328 g/mol. The van der Waals surface area contributed by atoms with E-state index in [1.165, 1.54) is 17.3 Å². The minimum Gasteiger partial charge on any atom is -0.411 e. The van der Waals surface area contributed by atoms with Crippen molar-refractivity contribution in [3.63, 3.8) is 0 Å². The van der Waals surface area contributed by atoms with Crippen molar-refractivity contribution in [2.45, 2.75) is 32.4 Å². The summed E-state index contributed by atoms with van der Waals surface area (Å²) < 4.78 is 6.29. The predicted octanol–water partition coefficient (Wildman–Crippen LogP) is 3.72. The van der Waals surface area contributed by atoms with E-state index in [1.807, 2.05) is 18.2 Å². The molecule has 23 heavy (non-hydrogen) atoms. The van der Waals surface area contributed by atoms with Crippen LogP contribution in [0.1, 0.15) is 31.9 Å². The molecule has 0 aliphatic carbocycles. The molecule has 4 nitrogen and oxygen atoms in total. The molecule has 0 fully saturated rings. The van der Waals surface area contributed by atoms with E-state index in [1.54, 1.807) is 6.07 Å². The van der Waals surface area contributed by atoms with E-state index in [-0.39, 0.29) is 10.7 Å². The summed E-state index contributed by atoms with van der Waals surface area (Å²) in [7, 11) is -1.66. The minimum absolute atomic E-state index is 0.0615. The molecule has 5 heteroatoms. The third-order valence-corrected chi connectivity index (χ3v) is 6.76. The van der Waals surface area contributed by atoms with E-state index in [0.29, 0.717) is 12.2 Å². The molecule has 2 rings (SSSR count). The van der Waals surface area contributed by atoms with Crippen LogP contribution in [-0.2, 0) is 11.0 Å². The van der Waals surface area contributed by atoms with Crippen molar-refractivity contribution < 1.29 is 9.35 Å². The molecule has 2 aromatic carbocycles. The molecule has 1 radical (unpaired) electrons. The maximum absolute atomic E-state index is 10.8. The lowest BCUT2D eigenvalue weighted by Gasteiger charge is -2.29. The zero-order valence-electron chi connectivity index (χ0n) is 13.8.